The van der Waals surface area contributed by atoms with Crippen molar-refractivity contribution in [3.63, 3.8) is 0 Å². The summed E-state index contributed by atoms with van der Waals surface area (Å²) in [6, 6.07) is 6.02. The average molecular weight is 472 g/mol. The second-order valence-electron chi connectivity index (χ2n) is 7.71. The van der Waals surface area contributed by atoms with E-state index in [9.17, 15) is 18.0 Å². The molecule has 1 amide bonds. The van der Waals surface area contributed by atoms with Gasteiger partial charge in [0.25, 0.3) is 5.91 Å². The molecule has 0 bridgehead atoms. The molecule has 4 rings (SSSR count). The van der Waals surface area contributed by atoms with Gasteiger partial charge in [0.15, 0.2) is 0 Å². The van der Waals surface area contributed by atoms with Crippen LogP contribution in [0.4, 0.5) is 13.2 Å². The van der Waals surface area contributed by atoms with E-state index in [1.54, 1.807) is 11.3 Å². The van der Waals surface area contributed by atoms with E-state index in [1.165, 1.54) is 5.56 Å². The van der Waals surface area contributed by atoms with Crippen LogP contribution in [0, 0.1) is 0 Å². The van der Waals surface area contributed by atoms with Gasteiger partial charge in [-0.15, -0.1) is 0 Å². The molecule has 32 heavy (non-hydrogen) atoms. The molecule has 1 N–H and O–H groups in total. The molecular formula is C21H24F3N3O4S. The van der Waals surface area contributed by atoms with Crippen molar-refractivity contribution in [3.05, 3.63) is 52.5 Å². The highest BCUT2D eigenvalue weighted by atomic mass is 32.1. The molecule has 0 saturated carbocycles. The Labute approximate surface area is 187 Å². The maximum Gasteiger partial charge on any atom is 0.490 e. The number of carbonyl (C=O) groups is 2. The number of alkyl halides is 3. The van der Waals surface area contributed by atoms with Crippen LogP contribution in [0.2, 0.25) is 0 Å². The van der Waals surface area contributed by atoms with Crippen LogP contribution < -0.4 is 0 Å². The Bertz CT molecular complexity index is 885. The van der Waals surface area contributed by atoms with Gasteiger partial charge in [-0.1, -0.05) is 6.07 Å². The molecule has 2 aromatic rings. The van der Waals surface area contributed by atoms with E-state index >= 15 is 0 Å². The van der Waals surface area contributed by atoms with E-state index in [0.717, 1.165) is 57.7 Å². The summed E-state index contributed by atoms with van der Waals surface area (Å²) >= 11 is 1.57. The molecule has 2 aromatic heterocycles. The van der Waals surface area contributed by atoms with Gasteiger partial charge in [0.05, 0.1) is 17.8 Å². The van der Waals surface area contributed by atoms with Crippen LogP contribution in [-0.4, -0.2) is 76.3 Å². The fraction of sp³-hybridized carbons (Fsp3) is 0.476. The van der Waals surface area contributed by atoms with E-state index in [0.29, 0.717) is 0 Å². The van der Waals surface area contributed by atoms with E-state index in [4.69, 9.17) is 14.6 Å². The summed E-state index contributed by atoms with van der Waals surface area (Å²) in [5.41, 5.74) is 1.94. The van der Waals surface area contributed by atoms with Gasteiger partial charge in [0.1, 0.15) is 0 Å². The van der Waals surface area contributed by atoms with Crippen LogP contribution in [0.25, 0.3) is 0 Å². The van der Waals surface area contributed by atoms with Gasteiger partial charge in [-0.05, 0) is 35.9 Å². The summed E-state index contributed by atoms with van der Waals surface area (Å²) in [6.07, 6.45) is 0.480. The Hall–Kier alpha value is -2.50. The smallest absolute Gasteiger partial charge is 0.475 e. The fourth-order valence-electron chi connectivity index (χ4n) is 3.80. The number of piperidine rings is 1. The van der Waals surface area contributed by atoms with Gasteiger partial charge in [-0.25, -0.2) is 4.79 Å². The zero-order valence-corrected chi connectivity index (χ0v) is 18.1. The Morgan fingerprint density at radius 3 is 2.50 bits per heavy atom. The number of carboxylic acid groups (broad SMARTS) is 1. The third-order valence-corrected chi connectivity index (χ3v) is 6.11. The average Bonchev–Trinajstić information content (AvgIpc) is 3.29. The maximum atomic E-state index is 12.5. The molecule has 0 unspecified atom stereocenters. The number of halogens is 3. The molecule has 0 aromatic carbocycles. The number of aliphatic carboxylic acids is 1. The monoisotopic (exact) mass is 471 g/mol. The summed E-state index contributed by atoms with van der Waals surface area (Å²) < 4.78 is 37.9. The second kappa shape index (κ2) is 10.4. The van der Waals surface area contributed by atoms with Crippen molar-refractivity contribution in [3.8, 4) is 0 Å². The lowest BCUT2D eigenvalue weighted by Crippen LogP contribution is -2.57. The highest BCUT2D eigenvalue weighted by molar-refractivity contribution is 7.08. The minimum absolute atomic E-state index is 0.105. The number of aromatic nitrogens is 1. The first-order chi connectivity index (χ1) is 15.2. The summed E-state index contributed by atoms with van der Waals surface area (Å²) in [4.78, 5) is 30.0. The summed E-state index contributed by atoms with van der Waals surface area (Å²) in [5.74, 6) is -2.60. The summed E-state index contributed by atoms with van der Waals surface area (Å²) in [7, 11) is 0. The quantitative estimate of drug-likeness (QED) is 0.740. The number of hydrogen-bond acceptors (Lipinski definition) is 6. The van der Waals surface area contributed by atoms with E-state index in [1.807, 2.05) is 40.2 Å². The third kappa shape index (κ3) is 6.50. The van der Waals surface area contributed by atoms with Crippen LogP contribution in [0.15, 0.2) is 41.4 Å². The molecule has 2 saturated heterocycles. The minimum atomic E-state index is -5.08. The number of ether oxygens (including phenoxy) is 1. The molecule has 1 spiro atoms. The predicted molar refractivity (Wildman–Crippen MR) is 111 cm³/mol. The molecule has 11 heteroatoms. The molecule has 4 heterocycles. The number of amides is 1. The predicted octanol–water partition coefficient (Wildman–Crippen LogP) is 3.28. The van der Waals surface area contributed by atoms with E-state index in [-0.39, 0.29) is 11.5 Å². The van der Waals surface area contributed by atoms with Crippen molar-refractivity contribution >= 4 is 23.2 Å². The molecular weight excluding hydrogens is 447 g/mol. The number of thiophene rings is 1. The SMILES string of the molecule is O=C(O)C(F)(F)F.O=C(c1ccsc1)N1CCC2(CC1)CN(Cc1cccnc1)CCO2. The molecule has 2 fully saturated rings. The zero-order chi connectivity index (χ0) is 23.2. The van der Waals surface area contributed by atoms with Gasteiger partial charge in [0.2, 0.25) is 0 Å². The van der Waals surface area contributed by atoms with Crippen molar-refractivity contribution in [2.24, 2.45) is 0 Å². The standard InChI is InChI=1S/C19H23N3O2S.C2HF3O2/c23-18(17-3-11-25-14-17)22-7-4-19(5-8-22)15-21(9-10-24-19)13-16-2-1-6-20-12-16;3-2(4,5)1(6)7/h1-3,6,11-12,14H,4-5,7-10,13,15H2;(H,6,7). The van der Waals surface area contributed by atoms with Gasteiger partial charge in [-0.3, -0.25) is 14.7 Å². The number of nitrogens with zero attached hydrogens (tertiary/aromatic N) is 3. The van der Waals surface area contributed by atoms with Crippen molar-refractivity contribution < 1.29 is 32.6 Å². The number of carboxylic acids is 1. The first kappa shape index (κ1) is 24.1. The zero-order valence-electron chi connectivity index (χ0n) is 17.3. The van der Waals surface area contributed by atoms with Crippen LogP contribution >= 0.6 is 11.3 Å². The fourth-order valence-corrected chi connectivity index (χ4v) is 4.43. The first-order valence-corrected chi connectivity index (χ1v) is 11.0. The number of pyridine rings is 1. The van der Waals surface area contributed by atoms with Crippen molar-refractivity contribution in [2.45, 2.75) is 31.2 Å². The van der Waals surface area contributed by atoms with Gasteiger partial charge in [0, 0.05) is 50.5 Å². The summed E-state index contributed by atoms with van der Waals surface area (Å²) in [6.45, 7) is 5.11. The normalized spacial score (nSPS) is 18.7. The molecule has 2 aliphatic rings. The first-order valence-electron chi connectivity index (χ1n) is 10.1. The van der Waals surface area contributed by atoms with Gasteiger partial charge in [-0.2, -0.15) is 24.5 Å². The number of rotatable bonds is 3. The van der Waals surface area contributed by atoms with Gasteiger partial charge >= 0.3 is 12.1 Å². The van der Waals surface area contributed by atoms with Crippen molar-refractivity contribution in [1.29, 1.82) is 0 Å². The molecule has 174 valence electrons. The number of carbonyl (C=O) groups excluding carboxylic acids is 1. The number of likely N-dealkylation sites (tertiary alicyclic amines) is 1. The molecule has 7 nitrogen and oxygen atoms in total. The lowest BCUT2D eigenvalue weighted by molar-refractivity contribution is -0.192. The van der Waals surface area contributed by atoms with Crippen LogP contribution in [-0.2, 0) is 16.1 Å². The third-order valence-electron chi connectivity index (χ3n) is 5.43. The van der Waals surface area contributed by atoms with E-state index < -0.39 is 12.1 Å². The topological polar surface area (TPSA) is 83.0 Å². The Morgan fingerprint density at radius 2 is 1.94 bits per heavy atom. The molecule has 0 radical (unpaired) electrons. The lowest BCUT2D eigenvalue weighted by atomic mass is 9.89. The van der Waals surface area contributed by atoms with Crippen LogP contribution in [0.1, 0.15) is 28.8 Å². The number of hydrogen-bond donors (Lipinski definition) is 1. The highest BCUT2D eigenvalue weighted by Gasteiger charge is 2.40. The molecule has 0 aliphatic carbocycles. The van der Waals surface area contributed by atoms with Crippen LogP contribution in [0.3, 0.4) is 0 Å². The lowest BCUT2D eigenvalue weighted by Gasteiger charge is -2.47. The molecule has 2 aliphatic heterocycles. The minimum Gasteiger partial charge on any atom is -0.475 e. The molecule has 0 atom stereocenters. The van der Waals surface area contributed by atoms with Crippen LogP contribution in [0.5, 0.6) is 0 Å². The van der Waals surface area contributed by atoms with Crippen molar-refractivity contribution in [1.82, 2.24) is 14.8 Å². The Kier molecular flexibility index (Phi) is 7.86. The Balaban J connectivity index is 0.000000360. The van der Waals surface area contributed by atoms with Gasteiger partial charge < -0.3 is 14.7 Å². The maximum absolute atomic E-state index is 12.5. The highest BCUT2D eigenvalue weighted by Crippen LogP contribution is 2.31. The second-order valence-corrected chi connectivity index (χ2v) is 8.49. The number of morpholine rings is 1. The van der Waals surface area contributed by atoms with E-state index in [2.05, 4.69) is 16.0 Å². The van der Waals surface area contributed by atoms with Crippen molar-refractivity contribution in [2.75, 3.05) is 32.8 Å². The summed E-state index contributed by atoms with van der Waals surface area (Å²) in [5, 5.41) is 11.0. The largest absolute Gasteiger partial charge is 0.490 e. The Morgan fingerprint density at radius 1 is 1.22 bits per heavy atom.